The first-order chi connectivity index (χ1) is 17.0. The molecule has 0 spiro atoms. The molecule has 0 bridgehead atoms. The normalized spacial score (nSPS) is 17.9. The number of rotatable bonds is 9. The Labute approximate surface area is 205 Å². The van der Waals surface area contributed by atoms with Gasteiger partial charge in [0.2, 0.25) is 11.7 Å². The number of benzene rings is 2. The number of piperidine rings is 1. The lowest BCUT2D eigenvalue weighted by Crippen LogP contribution is -2.46. The van der Waals surface area contributed by atoms with Crippen molar-refractivity contribution in [1.82, 2.24) is 15.0 Å². The molecule has 2 unspecified atom stereocenters. The molecular formula is C27H31N3O5. The van der Waals surface area contributed by atoms with Gasteiger partial charge in [0.15, 0.2) is 6.61 Å². The molecule has 0 N–H and O–H groups in total. The van der Waals surface area contributed by atoms with E-state index >= 15 is 0 Å². The zero-order valence-electron chi connectivity index (χ0n) is 20.4. The summed E-state index contributed by atoms with van der Waals surface area (Å²) in [5.41, 5.74) is 2.74. The number of hydrogen-bond donors (Lipinski definition) is 0. The van der Waals surface area contributed by atoms with Gasteiger partial charge in [-0.25, -0.2) is 0 Å². The number of amides is 1. The molecule has 184 valence electrons. The fourth-order valence-corrected chi connectivity index (χ4v) is 4.46. The van der Waals surface area contributed by atoms with Crippen molar-refractivity contribution >= 4 is 11.9 Å². The van der Waals surface area contributed by atoms with Crippen LogP contribution in [-0.2, 0) is 20.9 Å². The first-order valence-electron chi connectivity index (χ1n) is 12.0. The molecule has 2 aromatic carbocycles. The van der Waals surface area contributed by atoms with Gasteiger partial charge < -0.3 is 18.9 Å². The minimum atomic E-state index is -0.524. The number of nitrogens with zero attached hydrogens (tertiary/aromatic N) is 3. The SMILES string of the molecule is CCCCN1C(=O)CCC(C(=O)OCc2noc(-c3ccc(C)cc3)n2)C1c1ccccc1OC. The molecular weight excluding hydrogens is 446 g/mol. The Kier molecular flexibility index (Phi) is 7.80. The van der Waals surface area contributed by atoms with Crippen molar-refractivity contribution in [3.05, 3.63) is 65.5 Å². The molecule has 2 heterocycles. The number of esters is 1. The summed E-state index contributed by atoms with van der Waals surface area (Å²) in [7, 11) is 1.59. The number of methoxy groups -OCH3 is 1. The zero-order chi connectivity index (χ0) is 24.8. The summed E-state index contributed by atoms with van der Waals surface area (Å²) in [5.74, 6) is 0.432. The maximum absolute atomic E-state index is 13.3. The lowest BCUT2D eigenvalue weighted by Gasteiger charge is -2.40. The van der Waals surface area contributed by atoms with E-state index in [4.69, 9.17) is 14.0 Å². The third-order valence-electron chi connectivity index (χ3n) is 6.33. The van der Waals surface area contributed by atoms with E-state index in [2.05, 4.69) is 17.1 Å². The highest BCUT2D eigenvalue weighted by molar-refractivity contribution is 5.82. The van der Waals surface area contributed by atoms with Gasteiger partial charge in [-0.15, -0.1) is 0 Å². The molecule has 4 rings (SSSR count). The van der Waals surface area contributed by atoms with Gasteiger partial charge in [-0.2, -0.15) is 4.98 Å². The molecule has 3 aromatic rings. The van der Waals surface area contributed by atoms with E-state index in [0.717, 1.165) is 29.5 Å². The number of hydrogen-bond acceptors (Lipinski definition) is 7. The minimum absolute atomic E-state index is 0.0410. The second-order valence-corrected chi connectivity index (χ2v) is 8.76. The highest BCUT2D eigenvalue weighted by atomic mass is 16.5. The Balaban J connectivity index is 1.53. The van der Waals surface area contributed by atoms with Crippen molar-refractivity contribution in [2.24, 2.45) is 5.92 Å². The summed E-state index contributed by atoms with van der Waals surface area (Å²) in [4.78, 5) is 32.4. The van der Waals surface area contributed by atoms with Crippen LogP contribution >= 0.6 is 0 Å². The van der Waals surface area contributed by atoms with E-state index in [1.165, 1.54) is 0 Å². The monoisotopic (exact) mass is 477 g/mol. The van der Waals surface area contributed by atoms with E-state index < -0.39 is 17.9 Å². The largest absolute Gasteiger partial charge is 0.496 e. The molecule has 1 saturated heterocycles. The summed E-state index contributed by atoms with van der Waals surface area (Å²) in [6.45, 7) is 4.55. The van der Waals surface area contributed by atoms with Gasteiger partial charge in [-0.1, -0.05) is 54.4 Å². The van der Waals surface area contributed by atoms with Crippen molar-refractivity contribution in [1.29, 1.82) is 0 Å². The Morgan fingerprint density at radius 1 is 1.17 bits per heavy atom. The quantitative estimate of drug-likeness (QED) is 0.406. The van der Waals surface area contributed by atoms with Gasteiger partial charge in [-0.3, -0.25) is 9.59 Å². The smallest absolute Gasteiger partial charge is 0.311 e. The molecule has 1 amide bonds. The molecule has 35 heavy (non-hydrogen) atoms. The topological polar surface area (TPSA) is 94.8 Å². The number of likely N-dealkylation sites (tertiary alicyclic amines) is 1. The molecule has 1 aromatic heterocycles. The summed E-state index contributed by atoms with van der Waals surface area (Å²) in [6, 6.07) is 14.8. The van der Waals surface area contributed by atoms with Crippen LogP contribution in [0.4, 0.5) is 0 Å². The lowest BCUT2D eigenvalue weighted by atomic mass is 9.83. The Hall–Kier alpha value is -3.68. The fraction of sp³-hybridized carbons (Fsp3) is 0.407. The van der Waals surface area contributed by atoms with Gasteiger partial charge >= 0.3 is 5.97 Å². The predicted molar refractivity (Wildman–Crippen MR) is 129 cm³/mol. The second-order valence-electron chi connectivity index (χ2n) is 8.76. The molecule has 2 atom stereocenters. The van der Waals surface area contributed by atoms with E-state index in [0.29, 0.717) is 31.0 Å². The van der Waals surface area contributed by atoms with Crippen LogP contribution in [0.25, 0.3) is 11.5 Å². The molecule has 0 saturated carbocycles. The number of carbonyl (C=O) groups excluding carboxylic acids is 2. The van der Waals surface area contributed by atoms with Crippen LogP contribution < -0.4 is 4.74 Å². The van der Waals surface area contributed by atoms with Gasteiger partial charge in [0.05, 0.1) is 19.1 Å². The molecule has 8 nitrogen and oxygen atoms in total. The van der Waals surface area contributed by atoms with E-state index in [1.54, 1.807) is 12.0 Å². The number of carbonyl (C=O) groups is 2. The fourth-order valence-electron chi connectivity index (χ4n) is 4.46. The standard InChI is InChI=1S/C27H31N3O5/c1-4-5-16-30-24(31)15-14-21(25(30)20-8-6-7-9-22(20)33-3)27(32)34-17-23-28-26(35-29-23)19-12-10-18(2)11-13-19/h6-13,21,25H,4-5,14-17H2,1-3H3. The zero-order valence-corrected chi connectivity index (χ0v) is 20.4. The van der Waals surface area contributed by atoms with Crippen LogP contribution in [0.2, 0.25) is 0 Å². The van der Waals surface area contributed by atoms with Crippen LogP contribution in [-0.4, -0.2) is 40.6 Å². The number of aryl methyl sites for hydroxylation is 1. The minimum Gasteiger partial charge on any atom is -0.496 e. The Morgan fingerprint density at radius 2 is 1.94 bits per heavy atom. The van der Waals surface area contributed by atoms with Gasteiger partial charge in [0.1, 0.15) is 5.75 Å². The maximum Gasteiger partial charge on any atom is 0.311 e. The third kappa shape index (κ3) is 5.53. The average Bonchev–Trinajstić information content (AvgIpc) is 3.36. The Bertz CT molecular complexity index is 1160. The molecule has 1 aliphatic heterocycles. The van der Waals surface area contributed by atoms with Crippen molar-refractivity contribution in [3.8, 4) is 17.2 Å². The number of unbranched alkanes of at least 4 members (excludes halogenated alkanes) is 1. The molecule has 0 aliphatic carbocycles. The average molecular weight is 478 g/mol. The van der Waals surface area contributed by atoms with Crippen molar-refractivity contribution in [3.63, 3.8) is 0 Å². The summed E-state index contributed by atoms with van der Waals surface area (Å²) in [5, 5.41) is 3.96. The van der Waals surface area contributed by atoms with Crippen LogP contribution in [0.15, 0.2) is 53.1 Å². The van der Waals surface area contributed by atoms with Gasteiger partial charge in [0, 0.05) is 24.1 Å². The third-order valence-corrected chi connectivity index (χ3v) is 6.33. The molecule has 1 fully saturated rings. The summed E-state index contributed by atoms with van der Waals surface area (Å²) in [6.07, 6.45) is 2.50. The Morgan fingerprint density at radius 3 is 2.69 bits per heavy atom. The predicted octanol–water partition coefficient (Wildman–Crippen LogP) is 4.88. The molecule has 8 heteroatoms. The van der Waals surface area contributed by atoms with Crippen molar-refractivity contribution in [2.45, 2.75) is 52.2 Å². The first-order valence-corrected chi connectivity index (χ1v) is 12.0. The first kappa shape index (κ1) is 24.4. The van der Waals surface area contributed by atoms with Crippen molar-refractivity contribution in [2.75, 3.05) is 13.7 Å². The van der Waals surface area contributed by atoms with Gasteiger partial charge in [0.25, 0.3) is 5.89 Å². The van der Waals surface area contributed by atoms with Crippen LogP contribution in [0.3, 0.4) is 0 Å². The number of para-hydroxylation sites is 1. The van der Waals surface area contributed by atoms with E-state index in [1.807, 2.05) is 55.5 Å². The molecule has 1 aliphatic rings. The van der Waals surface area contributed by atoms with Crippen LogP contribution in [0.1, 0.15) is 55.6 Å². The second kappa shape index (κ2) is 11.2. The van der Waals surface area contributed by atoms with Crippen LogP contribution in [0.5, 0.6) is 5.75 Å². The highest BCUT2D eigenvalue weighted by Gasteiger charge is 2.42. The lowest BCUT2D eigenvalue weighted by molar-refractivity contribution is -0.158. The van der Waals surface area contributed by atoms with E-state index in [9.17, 15) is 9.59 Å². The molecule has 0 radical (unpaired) electrons. The maximum atomic E-state index is 13.3. The van der Waals surface area contributed by atoms with Crippen molar-refractivity contribution < 1.29 is 23.6 Å². The number of ether oxygens (including phenoxy) is 2. The summed E-state index contributed by atoms with van der Waals surface area (Å²) < 4.78 is 16.6. The summed E-state index contributed by atoms with van der Waals surface area (Å²) >= 11 is 0. The highest BCUT2D eigenvalue weighted by Crippen LogP contribution is 2.41. The van der Waals surface area contributed by atoms with E-state index in [-0.39, 0.29) is 18.3 Å². The van der Waals surface area contributed by atoms with Gasteiger partial charge in [-0.05, 0) is 38.0 Å². The van der Waals surface area contributed by atoms with Crippen LogP contribution in [0, 0.1) is 12.8 Å². The number of aromatic nitrogens is 2.